The number of methoxy groups -OCH3 is 1. The van der Waals surface area contributed by atoms with Crippen molar-refractivity contribution in [2.45, 2.75) is 32.9 Å². The summed E-state index contributed by atoms with van der Waals surface area (Å²) in [4.78, 5) is 13.4. The lowest BCUT2D eigenvalue weighted by Gasteiger charge is -2.24. The highest BCUT2D eigenvalue weighted by Crippen LogP contribution is 2.28. The Morgan fingerprint density at radius 3 is 2.75 bits per heavy atom. The van der Waals surface area contributed by atoms with Crippen molar-refractivity contribution in [1.29, 1.82) is 0 Å². The van der Waals surface area contributed by atoms with E-state index < -0.39 is 5.60 Å². The first kappa shape index (κ1) is 18.1. The smallest absolute Gasteiger partial charge is 0.410 e. The molecule has 132 valence electrons. The van der Waals surface area contributed by atoms with E-state index in [0.29, 0.717) is 19.6 Å². The van der Waals surface area contributed by atoms with Gasteiger partial charge in [0.2, 0.25) is 0 Å². The van der Waals surface area contributed by atoms with E-state index in [2.05, 4.69) is 5.32 Å². The zero-order valence-corrected chi connectivity index (χ0v) is 15.0. The average molecular weight is 334 g/mol. The Balaban J connectivity index is 1.81. The predicted molar refractivity (Wildman–Crippen MR) is 93.3 cm³/mol. The summed E-state index contributed by atoms with van der Waals surface area (Å²) in [5.74, 6) is 1.55. The standard InChI is InChI=1S/C18H26N2O4/c1-18(2,3)24-17(21)20(4)10-9-19-12-14-11-13-7-6-8-15(22-5)16(13)23-14/h6-8,11,19H,9-10,12H2,1-5H3. The molecule has 1 aromatic carbocycles. The largest absolute Gasteiger partial charge is 0.493 e. The van der Waals surface area contributed by atoms with Crippen LogP contribution in [0.25, 0.3) is 11.0 Å². The fourth-order valence-electron chi connectivity index (χ4n) is 2.23. The first-order valence-corrected chi connectivity index (χ1v) is 8.00. The van der Waals surface area contributed by atoms with Crippen LogP contribution >= 0.6 is 0 Å². The van der Waals surface area contributed by atoms with Crippen LogP contribution in [0.1, 0.15) is 26.5 Å². The summed E-state index contributed by atoms with van der Waals surface area (Å²) >= 11 is 0. The van der Waals surface area contributed by atoms with E-state index >= 15 is 0 Å². The number of carbonyl (C=O) groups excluding carboxylic acids is 1. The van der Waals surface area contributed by atoms with Crippen LogP contribution in [-0.2, 0) is 11.3 Å². The molecule has 1 N–H and O–H groups in total. The van der Waals surface area contributed by atoms with E-state index in [1.165, 1.54) is 0 Å². The molecular formula is C18H26N2O4. The molecule has 0 aliphatic rings. The number of likely N-dealkylation sites (N-methyl/N-ethyl adjacent to an activating group) is 1. The number of hydrogen-bond donors (Lipinski definition) is 1. The van der Waals surface area contributed by atoms with Gasteiger partial charge in [0.25, 0.3) is 0 Å². The lowest BCUT2D eigenvalue weighted by atomic mass is 10.2. The molecule has 6 nitrogen and oxygen atoms in total. The van der Waals surface area contributed by atoms with E-state index in [9.17, 15) is 4.79 Å². The van der Waals surface area contributed by atoms with Crippen LogP contribution in [0, 0.1) is 0 Å². The van der Waals surface area contributed by atoms with Gasteiger partial charge in [-0.2, -0.15) is 0 Å². The zero-order valence-electron chi connectivity index (χ0n) is 15.0. The van der Waals surface area contributed by atoms with E-state index in [-0.39, 0.29) is 6.09 Å². The van der Waals surface area contributed by atoms with Crippen LogP contribution < -0.4 is 10.1 Å². The van der Waals surface area contributed by atoms with Crippen molar-refractivity contribution in [3.05, 3.63) is 30.0 Å². The highest BCUT2D eigenvalue weighted by atomic mass is 16.6. The maximum Gasteiger partial charge on any atom is 0.410 e. The Kier molecular flexibility index (Phi) is 5.72. The van der Waals surface area contributed by atoms with Gasteiger partial charge < -0.3 is 24.1 Å². The van der Waals surface area contributed by atoms with Crippen LogP contribution in [0.2, 0.25) is 0 Å². The first-order valence-electron chi connectivity index (χ1n) is 8.00. The second-order valence-electron chi connectivity index (χ2n) is 6.67. The summed E-state index contributed by atoms with van der Waals surface area (Å²) < 4.78 is 16.4. The fourth-order valence-corrected chi connectivity index (χ4v) is 2.23. The molecule has 0 fully saturated rings. The molecule has 0 aliphatic heterocycles. The molecule has 0 saturated heterocycles. The molecule has 0 spiro atoms. The fraction of sp³-hybridized carbons (Fsp3) is 0.500. The predicted octanol–water partition coefficient (Wildman–Crippen LogP) is 3.40. The van der Waals surface area contributed by atoms with Gasteiger partial charge in [-0.1, -0.05) is 12.1 Å². The Morgan fingerprint density at radius 1 is 1.33 bits per heavy atom. The van der Waals surface area contributed by atoms with Gasteiger partial charge in [-0.15, -0.1) is 0 Å². The van der Waals surface area contributed by atoms with Crippen molar-refractivity contribution >= 4 is 17.1 Å². The monoisotopic (exact) mass is 334 g/mol. The van der Waals surface area contributed by atoms with Crippen molar-refractivity contribution in [3.8, 4) is 5.75 Å². The van der Waals surface area contributed by atoms with Crippen molar-refractivity contribution in [2.24, 2.45) is 0 Å². The molecule has 2 rings (SSSR count). The average Bonchev–Trinajstić information content (AvgIpc) is 2.92. The number of nitrogens with one attached hydrogen (secondary N) is 1. The van der Waals surface area contributed by atoms with Crippen molar-refractivity contribution in [1.82, 2.24) is 10.2 Å². The van der Waals surface area contributed by atoms with Gasteiger partial charge >= 0.3 is 6.09 Å². The Morgan fingerprint density at radius 2 is 2.08 bits per heavy atom. The number of amides is 1. The number of ether oxygens (including phenoxy) is 2. The van der Waals surface area contributed by atoms with Crippen LogP contribution in [-0.4, -0.2) is 43.8 Å². The molecule has 1 amide bonds. The van der Waals surface area contributed by atoms with Gasteiger partial charge in [-0.05, 0) is 32.9 Å². The van der Waals surface area contributed by atoms with Crippen molar-refractivity contribution in [2.75, 3.05) is 27.2 Å². The van der Waals surface area contributed by atoms with Crippen LogP contribution in [0.4, 0.5) is 4.79 Å². The quantitative estimate of drug-likeness (QED) is 0.820. The highest BCUT2D eigenvalue weighted by molar-refractivity contribution is 5.83. The van der Waals surface area contributed by atoms with Crippen molar-refractivity contribution < 1.29 is 18.7 Å². The molecular weight excluding hydrogens is 308 g/mol. The topological polar surface area (TPSA) is 63.9 Å². The number of rotatable bonds is 6. The normalized spacial score (nSPS) is 11.5. The molecule has 0 aliphatic carbocycles. The molecule has 0 bridgehead atoms. The molecule has 0 unspecified atom stereocenters. The lowest BCUT2D eigenvalue weighted by Crippen LogP contribution is -2.37. The number of furan rings is 1. The summed E-state index contributed by atoms with van der Waals surface area (Å²) in [6.45, 7) is 7.34. The van der Waals surface area contributed by atoms with Crippen LogP contribution in [0.3, 0.4) is 0 Å². The minimum atomic E-state index is -0.480. The number of carbonyl (C=O) groups is 1. The Hall–Kier alpha value is -2.21. The molecule has 0 radical (unpaired) electrons. The number of nitrogens with zero attached hydrogens (tertiary/aromatic N) is 1. The van der Waals surface area contributed by atoms with Gasteiger partial charge in [0.05, 0.1) is 13.7 Å². The molecule has 0 saturated carbocycles. The molecule has 24 heavy (non-hydrogen) atoms. The van der Waals surface area contributed by atoms with Crippen LogP contribution in [0.5, 0.6) is 5.75 Å². The summed E-state index contributed by atoms with van der Waals surface area (Å²) in [5, 5.41) is 4.28. The second-order valence-corrected chi connectivity index (χ2v) is 6.67. The summed E-state index contributed by atoms with van der Waals surface area (Å²) in [5.41, 5.74) is 0.272. The number of hydrogen-bond acceptors (Lipinski definition) is 5. The van der Waals surface area contributed by atoms with Gasteiger partial charge in [-0.25, -0.2) is 4.79 Å². The third-order valence-electron chi connectivity index (χ3n) is 3.41. The van der Waals surface area contributed by atoms with Crippen LogP contribution in [0.15, 0.2) is 28.7 Å². The van der Waals surface area contributed by atoms with E-state index in [1.54, 1.807) is 19.1 Å². The first-order chi connectivity index (χ1) is 11.3. The van der Waals surface area contributed by atoms with Crippen molar-refractivity contribution in [3.63, 3.8) is 0 Å². The van der Waals surface area contributed by atoms with E-state index in [0.717, 1.165) is 22.5 Å². The Bertz CT molecular complexity index is 688. The molecule has 6 heteroatoms. The van der Waals surface area contributed by atoms with Gasteiger partial charge in [0, 0.05) is 25.5 Å². The molecule has 0 atom stereocenters. The van der Waals surface area contributed by atoms with Gasteiger partial charge in [0.15, 0.2) is 11.3 Å². The van der Waals surface area contributed by atoms with Gasteiger partial charge in [0.1, 0.15) is 11.4 Å². The molecule has 1 heterocycles. The highest BCUT2D eigenvalue weighted by Gasteiger charge is 2.19. The second kappa shape index (κ2) is 7.57. The minimum absolute atomic E-state index is 0.322. The summed E-state index contributed by atoms with van der Waals surface area (Å²) in [6.07, 6.45) is -0.322. The zero-order chi connectivity index (χ0) is 17.7. The Labute approximate surface area is 142 Å². The minimum Gasteiger partial charge on any atom is -0.493 e. The summed E-state index contributed by atoms with van der Waals surface area (Å²) in [6, 6.07) is 7.78. The maximum atomic E-state index is 11.9. The van der Waals surface area contributed by atoms with E-state index in [1.807, 2.05) is 45.0 Å². The lowest BCUT2D eigenvalue weighted by molar-refractivity contribution is 0.0300. The SMILES string of the molecule is COc1cccc2cc(CNCCN(C)C(=O)OC(C)(C)C)oc12. The maximum absolute atomic E-state index is 11.9. The molecule has 1 aromatic heterocycles. The third kappa shape index (κ3) is 4.89. The summed E-state index contributed by atoms with van der Waals surface area (Å²) in [7, 11) is 3.35. The number of para-hydroxylation sites is 1. The number of benzene rings is 1. The van der Waals surface area contributed by atoms with Gasteiger partial charge in [-0.3, -0.25) is 0 Å². The number of fused-ring (bicyclic) bond motifs is 1. The third-order valence-corrected chi connectivity index (χ3v) is 3.41. The molecule has 2 aromatic rings. The van der Waals surface area contributed by atoms with E-state index in [4.69, 9.17) is 13.9 Å².